The smallest absolute Gasteiger partial charge is 0.227 e. The first-order valence-corrected chi connectivity index (χ1v) is 9.69. The van der Waals surface area contributed by atoms with Crippen LogP contribution in [0, 0.1) is 18.7 Å². The van der Waals surface area contributed by atoms with Gasteiger partial charge in [-0.3, -0.25) is 9.69 Å². The summed E-state index contributed by atoms with van der Waals surface area (Å²) in [5.74, 6) is 0.101. The Kier molecular flexibility index (Phi) is 4.56. The lowest BCUT2D eigenvalue weighted by Gasteiger charge is -2.35. The number of aryl methyl sites for hydroxylation is 1. The van der Waals surface area contributed by atoms with Gasteiger partial charge < -0.3 is 4.90 Å². The van der Waals surface area contributed by atoms with Crippen molar-refractivity contribution in [3.8, 4) is 0 Å². The van der Waals surface area contributed by atoms with Crippen LogP contribution in [0.3, 0.4) is 0 Å². The molecule has 0 radical (unpaired) electrons. The van der Waals surface area contributed by atoms with Crippen LogP contribution in [0.4, 0.5) is 4.39 Å². The van der Waals surface area contributed by atoms with Crippen molar-refractivity contribution >= 4 is 17.2 Å². The molecule has 132 valence electrons. The second kappa shape index (κ2) is 6.84. The van der Waals surface area contributed by atoms with Crippen molar-refractivity contribution < 1.29 is 9.18 Å². The number of thiazole rings is 1. The Morgan fingerprint density at radius 3 is 2.92 bits per heavy atom. The number of halogens is 1. The van der Waals surface area contributed by atoms with Crippen LogP contribution in [-0.2, 0) is 17.9 Å². The molecule has 6 heteroatoms. The molecule has 3 aliphatic heterocycles. The van der Waals surface area contributed by atoms with Crippen LogP contribution in [0.1, 0.15) is 29.7 Å². The minimum absolute atomic E-state index is 0.0193. The lowest BCUT2D eigenvalue weighted by molar-refractivity contribution is -0.140. The van der Waals surface area contributed by atoms with E-state index < -0.39 is 0 Å². The van der Waals surface area contributed by atoms with Gasteiger partial charge in [0.1, 0.15) is 5.82 Å². The molecule has 0 N–H and O–H groups in total. The van der Waals surface area contributed by atoms with Gasteiger partial charge in [0.25, 0.3) is 0 Å². The predicted octanol–water partition coefficient (Wildman–Crippen LogP) is 3.21. The van der Waals surface area contributed by atoms with E-state index in [1.807, 2.05) is 34.8 Å². The van der Waals surface area contributed by atoms with E-state index in [-0.39, 0.29) is 23.7 Å². The summed E-state index contributed by atoms with van der Waals surface area (Å²) in [6.45, 7) is 4.58. The Balaban J connectivity index is 1.51. The first kappa shape index (κ1) is 16.7. The zero-order valence-electron chi connectivity index (χ0n) is 14.3. The number of aromatic nitrogens is 1. The summed E-state index contributed by atoms with van der Waals surface area (Å²) in [6, 6.07) is 5.60. The summed E-state index contributed by atoms with van der Waals surface area (Å²) in [6.07, 6.45) is 1.96. The minimum atomic E-state index is -0.151. The highest BCUT2D eigenvalue weighted by molar-refractivity contribution is 7.07. The average Bonchev–Trinajstić information content (AvgIpc) is 2.96. The van der Waals surface area contributed by atoms with Crippen LogP contribution < -0.4 is 0 Å². The molecule has 1 aromatic carbocycles. The molecule has 0 spiro atoms. The fourth-order valence-electron chi connectivity index (χ4n) is 3.98. The number of fused-ring (bicyclic) bond motifs is 4. The SMILES string of the molecule is Cc1ccc(CN2C[C@H]3CC[C@@H](C2)N(Cc2cscn2)C3=O)c(F)c1. The molecule has 3 aliphatic rings. The van der Waals surface area contributed by atoms with Crippen LogP contribution in [0.25, 0.3) is 0 Å². The Morgan fingerprint density at radius 2 is 2.16 bits per heavy atom. The molecular weight excluding hydrogens is 337 g/mol. The van der Waals surface area contributed by atoms with Gasteiger partial charge in [0.2, 0.25) is 5.91 Å². The van der Waals surface area contributed by atoms with E-state index in [2.05, 4.69) is 9.88 Å². The molecule has 3 saturated heterocycles. The van der Waals surface area contributed by atoms with Crippen LogP contribution in [0.15, 0.2) is 29.1 Å². The molecule has 0 aliphatic carbocycles. The van der Waals surface area contributed by atoms with Gasteiger partial charge in [-0.25, -0.2) is 9.37 Å². The lowest BCUT2D eigenvalue weighted by atomic mass is 9.94. The van der Waals surface area contributed by atoms with Gasteiger partial charge in [-0.15, -0.1) is 11.3 Å². The van der Waals surface area contributed by atoms with Crippen molar-refractivity contribution in [3.05, 3.63) is 51.7 Å². The van der Waals surface area contributed by atoms with Crippen molar-refractivity contribution in [1.29, 1.82) is 0 Å². The predicted molar refractivity (Wildman–Crippen MR) is 95.6 cm³/mol. The third-order valence-electron chi connectivity index (χ3n) is 5.29. The van der Waals surface area contributed by atoms with Gasteiger partial charge in [-0.2, -0.15) is 0 Å². The summed E-state index contributed by atoms with van der Waals surface area (Å²) >= 11 is 1.56. The molecule has 25 heavy (non-hydrogen) atoms. The van der Waals surface area contributed by atoms with E-state index in [0.29, 0.717) is 18.7 Å². The third-order valence-corrected chi connectivity index (χ3v) is 5.92. The van der Waals surface area contributed by atoms with E-state index in [1.165, 1.54) is 0 Å². The fraction of sp³-hybridized carbons (Fsp3) is 0.474. The van der Waals surface area contributed by atoms with E-state index >= 15 is 0 Å². The molecule has 4 heterocycles. The van der Waals surface area contributed by atoms with Crippen LogP contribution in [-0.4, -0.2) is 39.8 Å². The van der Waals surface area contributed by atoms with E-state index in [9.17, 15) is 9.18 Å². The number of rotatable bonds is 4. The number of benzene rings is 1. The Morgan fingerprint density at radius 1 is 1.28 bits per heavy atom. The number of carbonyl (C=O) groups excluding carboxylic acids is 1. The topological polar surface area (TPSA) is 36.4 Å². The molecule has 1 amide bonds. The van der Waals surface area contributed by atoms with E-state index in [1.54, 1.807) is 17.4 Å². The van der Waals surface area contributed by atoms with Gasteiger partial charge in [0, 0.05) is 36.6 Å². The highest BCUT2D eigenvalue weighted by atomic mass is 32.1. The largest absolute Gasteiger partial charge is 0.332 e. The van der Waals surface area contributed by atoms with Gasteiger partial charge in [0.05, 0.1) is 23.7 Å². The van der Waals surface area contributed by atoms with E-state index in [0.717, 1.165) is 37.2 Å². The number of nitrogens with zero attached hydrogens (tertiary/aromatic N) is 3. The summed E-state index contributed by atoms with van der Waals surface area (Å²) in [4.78, 5) is 21.4. The summed E-state index contributed by atoms with van der Waals surface area (Å²) in [7, 11) is 0. The van der Waals surface area contributed by atoms with Crippen molar-refractivity contribution in [2.45, 2.75) is 38.9 Å². The first-order valence-electron chi connectivity index (χ1n) is 8.75. The lowest BCUT2D eigenvalue weighted by Crippen LogP contribution is -2.47. The monoisotopic (exact) mass is 359 g/mol. The second-order valence-electron chi connectivity index (χ2n) is 7.16. The number of amides is 1. The van der Waals surface area contributed by atoms with Gasteiger partial charge >= 0.3 is 0 Å². The molecule has 3 fully saturated rings. The molecule has 1 aromatic heterocycles. The maximum Gasteiger partial charge on any atom is 0.227 e. The zero-order chi connectivity index (χ0) is 17.4. The molecule has 5 rings (SSSR count). The van der Waals surface area contributed by atoms with Crippen molar-refractivity contribution in [2.75, 3.05) is 13.1 Å². The van der Waals surface area contributed by atoms with Gasteiger partial charge in [0.15, 0.2) is 0 Å². The zero-order valence-corrected chi connectivity index (χ0v) is 15.1. The highest BCUT2D eigenvalue weighted by Gasteiger charge is 2.40. The standard InChI is InChI=1S/C19H22FN3OS/c1-13-2-3-14(18(20)6-13)7-22-8-15-4-5-17(10-22)23(19(15)24)9-16-11-25-12-21-16/h2-3,6,11-12,15,17H,4-5,7-10H2,1H3/t15-,17+/m1/s1. The highest BCUT2D eigenvalue weighted by Crippen LogP contribution is 2.31. The Hall–Kier alpha value is -1.79. The van der Waals surface area contributed by atoms with Gasteiger partial charge in [-0.05, 0) is 31.4 Å². The summed E-state index contributed by atoms with van der Waals surface area (Å²) in [5, 5.41) is 2.01. The van der Waals surface area contributed by atoms with Crippen molar-refractivity contribution in [1.82, 2.24) is 14.8 Å². The maximum absolute atomic E-state index is 14.2. The average molecular weight is 359 g/mol. The van der Waals surface area contributed by atoms with Crippen LogP contribution >= 0.6 is 11.3 Å². The molecule has 0 unspecified atom stereocenters. The van der Waals surface area contributed by atoms with Crippen molar-refractivity contribution in [3.63, 3.8) is 0 Å². The fourth-order valence-corrected chi connectivity index (χ4v) is 4.53. The molecule has 4 nitrogen and oxygen atoms in total. The number of hydrogen-bond donors (Lipinski definition) is 0. The first-order chi connectivity index (χ1) is 12.1. The molecule has 0 saturated carbocycles. The van der Waals surface area contributed by atoms with Gasteiger partial charge in [-0.1, -0.05) is 12.1 Å². The third kappa shape index (κ3) is 3.46. The number of piperidine rings is 1. The Labute approximate surface area is 151 Å². The number of hydrogen-bond acceptors (Lipinski definition) is 4. The van der Waals surface area contributed by atoms with E-state index in [4.69, 9.17) is 0 Å². The maximum atomic E-state index is 14.2. The summed E-state index contributed by atoms with van der Waals surface area (Å²) < 4.78 is 14.2. The molecule has 2 bridgehead atoms. The summed E-state index contributed by atoms with van der Waals surface area (Å²) in [5.41, 5.74) is 4.41. The van der Waals surface area contributed by atoms with Crippen LogP contribution in [0.5, 0.6) is 0 Å². The molecule has 2 aromatic rings. The second-order valence-corrected chi connectivity index (χ2v) is 7.88. The van der Waals surface area contributed by atoms with Crippen LogP contribution in [0.2, 0.25) is 0 Å². The number of carbonyl (C=O) groups is 1. The minimum Gasteiger partial charge on any atom is -0.332 e. The molecular formula is C19H22FN3OS. The quantitative estimate of drug-likeness (QED) is 0.841. The molecule has 2 atom stereocenters. The normalized spacial score (nSPS) is 23.9. The Bertz CT molecular complexity index is 764. The van der Waals surface area contributed by atoms with Crippen molar-refractivity contribution in [2.24, 2.45) is 5.92 Å².